The fourth-order valence-electron chi connectivity index (χ4n) is 2.89. The van der Waals surface area contributed by atoms with Gasteiger partial charge < -0.3 is 19.2 Å². The Morgan fingerprint density at radius 3 is 2.75 bits per heavy atom. The van der Waals surface area contributed by atoms with Crippen molar-refractivity contribution in [1.29, 1.82) is 5.26 Å². The lowest BCUT2D eigenvalue weighted by atomic mass is 10.1. The molecule has 0 saturated heterocycles. The van der Waals surface area contributed by atoms with Crippen LogP contribution in [0.25, 0.3) is 17.4 Å². The molecule has 1 amide bonds. The number of carbonyl (C=O) groups is 1. The highest BCUT2D eigenvalue weighted by Gasteiger charge is 2.16. The van der Waals surface area contributed by atoms with Crippen LogP contribution < -0.4 is 14.8 Å². The summed E-state index contributed by atoms with van der Waals surface area (Å²) in [7, 11) is 1.39. The number of anilines is 1. The summed E-state index contributed by atoms with van der Waals surface area (Å²) >= 11 is 0. The molecule has 2 aromatic carbocycles. The molecule has 3 aromatic rings. The molecule has 0 bridgehead atoms. The SMILES string of the molecule is CCOc1cccc(NC(=O)/C(C#N)=C\c2ccc(-c3ccc([N+](=O)[O-])cc3OC)o2)c1. The van der Waals surface area contributed by atoms with Crippen molar-refractivity contribution in [2.75, 3.05) is 19.0 Å². The van der Waals surface area contributed by atoms with Crippen LogP contribution in [0.1, 0.15) is 12.7 Å². The molecule has 0 saturated carbocycles. The average Bonchev–Trinajstić information content (AvgIpc) is 3.25. The van der Waals surface area contributed by atoms with E-state index in [1.807, 2.05) is 13.0 Å². The third-order valence-corrected chi connectivity index (χ3v) is 4.34. The Bertz CT molecular complexity index is 1220. The minimum Gasteiger partial charge on any atom is -0.496 e. The number of amides is 1. The molecular formula is C23H19N3O6. The summed E-state index contributed by atoms with van der Waals surface area (Å²) in [5.41, 5.74) is 0.698. The van der Waals surface area contributed by atoms with Gasteiger partial charge in [-0.1, -0.05) is 6.07 Å². The quantitative estimate of drug-likeness (QED) is 0.234. The summed E-state index contributed by atoms with van der Waals surface area (Å²) in [4.78, 5) is 23.0. The molecule has 0 radical (unpaired) electrons. The molecule has 0 aliphatic carbocycles. The van der Waals surface area contributed by atoms with Crippen LogP contribution in [-0.4, -0.2) is 24.5 Å². The van der Waals surface area contributed by atoms with E-state index < -0.39 is 10.8 Å². The molecule has 1 heterocycles. The van der Waals surface area contributed by atoms with Crippen molar-refractivity contribution in [1.82, 2.24) is 0 Å². The molecular weight excluding hydrogens is 414 g/mol. The van der Waals surface area contributed by atoms with Crippen LogP contribution >= 0.6 is 0 Å². The first-order chi connectivity index (χ1) is 15.4. The molecule has 0 spiro atoms. The molecule has 0 unspecified atom stereocenters. The van der Waals surface area contributed by atoms with Crippen molar-refractivity contribution in [3.63, 3.8) is 0 Å². The highest BCUT2D eigenvalue weighted by molar-refractivity contribution is 6.09. The van der Waals surface area contributed by atoms with Crippen LogP contribution in [0.2, 0.25) is 0 Å². The van der Waals surface area contributed by atoms with Gasteiger partial charge in [0.05, 0.1) is 30.3 Å². The molecule has 3 rings (SSSR count). The molecule has 9 nitrogen and oxygen atoms in total. The standard InChI is InChI=1S/C23H19N3O6/c1-3-31-18-6-4-5-16(12-18)25-23(27)15(14-24)11-19-8-10-21(32-19)20-9-7-17(26(28)29)13-22(20)30-2/h4-13H,3H2,1-2H3,(H,25,27)/b15-11-. The van der Waals surface area contributed by atoms with Crippen molar-refractivity contribution in [3.05, 3.63) is 76.0 Å². The second-order valence-corrected chi connectivity index (χ2v) is 6.43. The predicted molar refractivity (Wildman–Crippen MR) is 117 cm³/mol. The Hall–Kier alpha value is -4.58. The van der Waals surface area contributed by atoms with E-state index in [1.54, 1.807) is 36.4 Å². The maximum atomic E-state index is 12.5. The first-order valence-electron chi connectivity index (χ1n) is 9.53. The summed E-state index contributed by atoms with van der Waals surface area (Å²) in [6.07, 6.45) is 1.31. The van der Waals surface area contributed by atoms with E-state index in [4.69, 9.17) is 13.9 Å². The third-order valence-electron chi connectivity index (χ3n) is 4.34. The number of hydrogen-bond acceptors (Lipinski definition) is 7. The van der Waals surface area contributed by atoms with Gasteiger partial charge in [0.25, 0.3) is 11.6 Å². The van der Waals surface area contributed by atoms with Gasteiger partial charge >= 0.3 is 0 Å². The summed E-state index contributed by atoms with van der Waals surface area (Å²) in [6, 6.07) is 16.0. The van der Waals surface area contributed by atoms with Gasteiger partial charge in [-0.2, -0.15) is 5.26 Å². The molecule has 0 aliphatic rings. The number of nitro groups is 1. The molecule has 0 fully saturated rings. The lowest BCUT2D eigenvalue weighted by Gasteiger charge is -2.07. The maximum absolute atomic E-state index is 12.5. The Kier molecular flexibility index (Phi) is 6.88. The minimum atomic E-state index is -0.605. The number of nitro benzene ring substituents is 1. The number of nitrogens with zero attached hydrogens (tertiary/aromatic N) is 2. The van der Waals surface area contributed by atoms with Crippen LogP contribution in [0.5, 0.6) is 11.5 Å². The van der Waals surface area contributed by atoms with E-state index in [1.165, 1.54) is 31.4 Å². The van der Waals surface area contributed by atoms with Gasteiger partial charge in [0.1, 0.15) is 34.7 Å². The Balaban J connectivity index is 1.82. The highest BCUT2D eigenvalue weighted by Crippen LogP contribution is 2.34. The van der Waals surface area contributed by atoms with Gasteiger partial charge in [0.2, 0.25) is 0 Å². The number of ether oxygens (including phenoxy) is 2. The number of non-ortho nitro benzene ring substituents is 1. The Labute approximate surface area is 183 Å². The van der Waals surface area contributed by atoms with Crippen molar-refractivity contribution < 1.29 is 23.6 Å². The summed E-state index contributed by atoms with van der Waals surface area (Å²) in [5, 5.41) is 23.0. The highest BCUT2D eigenvalue weighted by atomic mass is 16.6. The van der Waals surface area contributed by atoms with Gasteiger partial charge in [0.15, 0.2) is 0 Å². The lowest BCUT2D eigenvalue weighted by molar-refractivity contribution is -0.384. The monoisotopic (exact) mass is 433 g/mol. The number of carbonyl (C=O) groups excluding carboxylic acids is 1. The van der Waals surface area contributed by atoms with E-state index in [9.17, 15) is 20.2 Å². The number of rotatable bonds is 8. The van der Waals surface area contributed by atoms with Crippen LogP contribution in [0.4, 0.5) is 11.4 Å². The van der Waals surface area contributed by atoms with E-state index >= 15 is 0 Å². The Morgan fingerprint density at radius 2 is 2.06 bits per heavy atom. The van der Waals surface area contributed by atoms with E-state index in [-0.39, 0.29) is 22.8 Å². The third kappa shape index (κ3) is 5.12. The zero-order chi connectivity index (χ0) is 23.1. The number of furan rings is 1. The van der Waals surface area contributed by atoms with Gasteiger partial charge in [-0.25, -0.2) is 0 Å². The second-order valence-electron chi connectivity index (χ2n) is 6.43. The number of nitrogens with one attached hydrogen (secondary N) is 1. The molecule has 9 heteroatoms. The van der Waals surface area contributed by atoms with Crippen molar-refractivity contribution >= 4 is 23.4 Å². The zero-order valence-electron chi connectivity index (χ0n) is 17.3. The molecule has 1 aromatic heterocycles. The lowest BCUT2D eigenvalue weighted by Crippen LogP contribution is -2.13. The zero-order valence-corrected chi connectivity index (χ0v) is 17.3. The van der Waals surface area contributed by atoms with Crippen molar-refractivity contribution in [2.45, 2.75) is 6.92 Å². The first kappa shape index (κ1) is 22.1. The van der Waals surface area contributed by atoms with Crippen LogP contribution in [0, 0.1) is 21.4 Å². The van der Waals surface area contributed by atoms with Crippen molar-refractivity contribution in [2.24, 2.45) is 0 Å². The van der Waals surface area contributed by atoms with E-state index in [2.05, 4.69) is 5.32 Å². The average molecular weight is 433 g/mol. The van der Waals surface area contributed by atoms with Gasteiger partial charge in [-0.3, -0.25) is 14.9 Å². The molecule has 1 N–H and O–H groups in total. The van der Waals surface area contributed by atoms with Gasteiger partial charge in [0, 0.05) is 23.9 Å². The van der Waals surface area contributed by atoms with Gasteiger partial charge in [-0.15, -0.1) is 0 Å². The number of hydrogen-bond donors (Lipinski definition) is 1. The van der Waals surface area contributed by atoms with E-state index in [0.29, 0.717) is 29.4 Å². The minimum absolute atomic E-state index is 0.117. The van der Waals surface area contributed by atoms with Crippen LogP contribution in [0.15, 0.2) is 64.6 Å². The number of nitriles is 1. The van der Waals surface area contributed by atoms with Crippen LogP contribution in [0.3, 0.4) is 0 Å². The predicted octanol–water partition coefficient (Wildman–Crippen LogP) is 4.81. The fourth-order valence-corrected chi connectivity index (χ4v) is 2.89. The van der Waals surface area contributed by atoms with E-state index in [0.717, 1.165) is 0 Å². The molecule has 162 valence electrons. The fraction of sp³-hybridized carbons (Fsp3) is 0.130. The number of benzene rings is 2. The largest absolute Gasteiger partial charge is 0.496 e. The van der Waals surface area contributed by atoms with Crippen molar-refractivity contribution in [3.8, 4) is 28.9 Å². The number of methoxy groups -OCH3 is 1. The molecule has 0 atom stereocenters. The first-order valence-corrected chi connectivity index (χ1v) is 9.53. The smallest absolute Gasteiger partial charge is 0.273 e. The Morgan fingerprint density at radius 1 is 1.25 bits per heavy atom. The molecule has 32 heavy (non-hydrogen) atoms. The normalized spacial score (nSPS) is 10.8. The maximum Gasteiger partial charge on any atom is 0.273 e. The topological polar surface area (TPSA) is 128 Å². The second kappa shape index (κ2) is 9.95. The summed E-state index contributed by atoms with van der Waals surface area (Å²) in [5.74, 6) is 0.879. The van der Waals surface area contributed by atoms with Crippen LogP contribution in [-0.2, 0) is 4.79 Å². The molecule has 0 aliphatic heterocycles. The summed E-state index contributed by atoms with van der Waals surface area (Å²) in [6.45, 7) is 2.34. The van der Waals surface area contributed by atoms with Gasteiger partial charge in [-0.05, 0) is 37.3 Å². The summed E-state index contributed by atoms with van der Waals surface area (Å²) < 4.78 is 16.3.